The molecule has 0 spiro atoms. The predicted octanol–water partition coefficient (Wildman–Crippen LogP) is 3.68. The van der Waals surface area contributed by atoms with Crippen molar-refractivity contribution in [2.24, 2.45) is 0 Å². The normalized spacial score (nSPS) is 10.8. The number of aryl methyl sites for hydroxylation is 1. The lowest BCUT2D eigenvalue weighted by atomic mass is 10.1. The van der Waals surface area contributed by atoms with E-state index in [1.165, 1.54) is 11.1 Å². The van der Waals surface area contributed by atoms with Gasteiger partial charge in [0.1, 0.15) is 5.75 Å². The molecule has 2 heteroatoms. The van der Waals surface area contributed by atoms with E-state index in [9.17, 15) is 0 Å². The Labute approximate surface area is 117 Å². The van der Waals surface area contributed by atoms with Crippen molar-refractivity contribution in [1.82, 2.24) is 5.32 Å². The second-order valence-electron chi connectivity index (χ2n) is 5.74. The topological polar surface area (TPSA) is 21.3 Å². The number of hydrogen-bond donors (Lipinski definition) is 1. The molecule has 0 aliphatic carbocycles. The van der Waals surface area contributed by atoms with Crippen LogP contribution in [0, 0.1) is 18.8 Å². The Morgan fingerprint density at radius 2 is 2.00 bits per heavy atom. The second kappa shape index (κ2) is 7.21. The Balaban J connectivity index is 2.70. The highest BCUT2D eigenvalue weighted by molar-refractivity contribution is 5.37. The molecular formula is C17H25NO. The number of nitrogens with one attached hydrogen (secondary N) is 1. The van der Waals surface area contributed by atoms with Gasteiger partial charge in [-0.25, -0.2) is 0 Å². The summed E-state index contributed by atoms with van der Waals surface area (Å²) < 4.78 is 5.82. The zero-order valence-electron chi connectivity index (χ0n) is 12.8. The largest absolute Gasteiger partial charge is 0.492 e. The maximum Gasteiger partial charge on any atom is 0.123 e. The molecule has 1 rings (SSSR count). The average molecular weight is 259 g/mol. The van der Waals surface area contributed by atoms with Crippen molar-refractivity contribution in [3.8, 4) is 17.6 Å². The molecule has 0 heterocycles. The molecule has 0 atom stereocenters. The van der Waals surface area contributed by atoms with Crippen molar-refractivity contribution in [1.29, 1.82) is 0 Å². The molecule has 0 bridgehead atoms. The molecule has 1 aromatic rings. The van der Waals surface area contributed by atoms with Crippen molar-refractivity contribution in [3.63, 3.8) is 0 Å². The Bertz CT molecular complexity index is 460. The maximum absolute atomic E-state index is 5.82. The van der Waals surface area contributed by atoms with E-state index in [1.807, 2.05) is 13.0 Å². The molecule has 0 unspecified atom stereocenters. The molecule has 0 aliphatic rings. The molecule has 1 aromatic carbocycles. The van der Waals surface area contributed by atoms with E-state index < -0.39 is 0 Å². The molecular weight excluding hydrogens is 234 g/mol. The minimum Gasteiger partial charge on any atom is -0.492 e. The highest BCUT2D eigenvalue weighted by Crippen LogP contribution is 2.21. The number of benzene rings is 1. The van der Waals surface area contributed by atoms with E-state index >= 15 is 0 Å². The van der Waals surface area contributed by atoms with Crippen molar-refractivity contribution in [3.05, 3.63) is 29.3 Å². The molecule has 0 aliphatic heterocycles. The van der Waals surface area contributed by atoms with E-state index in [4.69, 9.17) is 4.74 Å². The summed E-state index contributed by atoms with van der Waals surface area (Å²) in [6, 6.07) is 6.31. The first-order valence-corrected chi connectivity index (χ1v) is 6.79. The van der Waals surface area contributed by atoms with E-state index in [2.05, 4.69) is 57.0 Å². The van der Waals surface area contributed by atoms with Gasteiger partial charge in [0.15, 0.2) is 0 Å². The lowest BCUT2D eigenvalue weighted by Crippen LogP contribution is -2.35. The number of rotatable bonds is 5. The van der Waals surface area contributed by atoms with Crippen LogP contribution >= 0.6 is 0 Å². The standard InChI is InChI=1S/C17H25NO/c1-6-7-8-11-19-16-10-9-14(2)12-15(16)13-18-17(3,4)5/h9-10,12,18H,8,11,13H2,1-5H3. The third kappa shape index (κ3) is 6.31. The van der Waals surface area contributed by atoms with Crippen LogP contribution in [0.25, 0.3) is 0 Å². The summed E-state index contributed by atoms with van der Waals surface area (Å²) >= 11 is 0. The van der Waals surface area contributed by atoms with Gasteiger partial charge < -0.3 is 10.1 Å². The third-order valence-corrected chi connectivity index (χ3v) is 2.69. The first kappa shape index (κ1) is 15.6. The monoisotopic (exact) mass is 259 g/mol. The van der Waals surface area contributed by atoms with Gasteiger partial charge in [0, 0.05) is 24.1 Å². The highest BCUT2D eigenvalue weighted by Gasteiger charge is 2.11. The fourth-order valence-electron chi connectivity index (χ4n) is 1.68. The summed E-state index contributed by atoms with van der Waals surface area (Å²) in [6.07, 6.45) is 0.774. The molecule has 0 amide bonds. The Hall–Kier alpha value is -1.46. The van der Waals surface area contributed by atoms with E-state index in [0.717, 1.165) is 18.7 Å². The summed E-state index contributed by atoms with van der Waals surface area (Å²) in [4.78, 5) is 0. The van der Waals surface area contributed by atoms with E-state index in [0.29, 0.717) is 6.61 Å². The molecule has 1 N–H and O–H groups in total. The lowest BCUT2D eigenvalue weighted by molar-refractivity contribution is 0.320. The van der Waals surface area contributed by atoms with Crippen LogP contribution in [-0.4, -0.2) is 12.1 Å². The molecule has 0 aromatic heterocycles. The number of hydrogen-bond acceptors (Lipinski definition) is 2. The van der Waals surface area contributed by atoms with Crippen molar-refractivity contribution in [2.75, 3.05) is 6.61 Å². The van der Waals surface area contributed by atoms with Gasteiger partial charge >= 0.3 is 0 Å². The van der Waals surface area contributed by atoms with Crippen LogP contribution in [0.1, 0.15) is 45.2 Å². The summed E-state index contributed by atoms with van der Waals surface area (Å²) in [5, 5.41) is 3.50. The van der Waals surface area contributed by atoms with Crippen LogP contribution in [0.3, 0.4) is 0 Å². The van der Waals surface area contributed by atoms with Gasteiger partial charge in [-0.2, -0.15) is 0 Å². The molecule has 19 heavy (non-hydrogen) atoms. The molecule has 0 radical (unpaired) electrons. The Morgan fingerprint density at radius 3 is 2.63 bits per heavy atom. The van der Waals surface area contributed by atoms with Crippen LogP contribution < -0.4 is 10.1 Å². The minimum absolute atomic E-state index is 0.106. The average Bonchev–Trinajstić information content (AvgIpc) is 2.33. The fourth-order valence-corrected chi connectivity index (χ4v) is 1.68. The SMILES string of the molecule is CC#CCCOc1ccc(C)cc1CNC(C)(C)C. The van der Waals surface area contributed by atoms with Gasteiger partial charge in [-0.3, -0.25) is 0 Å². The number of ether oxygens (including phenoxy) is 1. The van der Waals surface area contributed by atoms with Crippen LogP contribution in [0.2, 0.25) is 0 Å². The second-order valence-corrected chi connectivity index (χ2v) is 5.74. The summed E-state index contributed by atoms with van der Waals surface area (Å²) in [7, 11) is 0. The summed E-state index contributed by atoms with van der Waals surface area (Å²) in [5.41, 5.74) is 2.57. The van der Waals surface area contributed by atoms with Crippen LogP contribution in [0.4, 0.5) is 0 Å². The molecule has 0 saturated carbocycles. The van der Waals surface area contributed by atoms with Crippen LogP contribution in [0.5, 0.6) is 5.75 Å². The van der Waals surface area contributed by atoms with Crippen LogP contribution in [-0.2, 0) is 6.54 Å². The zero-order chi connectivity index (χ0) is 14.3. The minimum atomic E-state index is 0.106. The first-order valence-electron chi connectivity index (χ1n) is 6.79. The Kier molecular flexibility index (Phi) is 5.92. The smallest absolute Gasteiger partial charge is 0.123 e. The van der Waals surface area contributed by atoms with Crippen molar-refractivity contribution < 1.29 is 4.74 Å². The Morgan fingerprint density at radius 1 is 1.26 bits per heavy atom. The van der Waals surface area contributed by atoms with E-state index in [-0.39, 0.29) is 5.54 Å². The quantitative estimate of drug-likeness (QED) is 0.643. The van der Waals surface area contributed by atoms with Gasteiger partial charge in [0.25, 0.3) is 0 Å². The first-order chi connectivity index (χ1) is 8.92. The third-order valence-electron chi connectivity index (χ3n) is 2.69. The van der Waals surface area contributed by atoms with Gasteiger partial charge in [-0.1, -0.05) is 17.7 Å². The predicted molar refractivity (Wildman–Crippen MR) is 81.3 cm³/mol. The summed E-state index contributed by atoms with van der Waals surface area (Å²) in [6.45, 7) is 11.9. The molecule has 0 saturated heterocycles. The van der Waals surface area contributed by atoms with Crippen molar-refractivity contribution >= 4 is 0 Å². The van der Waals surface area contributed by atoms with Gasteiger partial charge in [0.2, 0.25) is 0 Å². The zero-order valence-corrected chi connectivity index (χ0v) is 12.8. The van der Waals surface area contributed by atoms with Gasteiger partial charge in [-0.15, -0.1) is 11.8 Å². The van der Waals surface area contributed by atoms with Gasteiger partial charge in [-0.05, 0) is 40.7 Å². The highest BCUT2D eigenvalue weighted by atomic mass is 16.5. The maximum atomic E-state index is 5.82. The molecule has 104 valence electrons. The van der Waals surface area contributed by atoms with Gasteiger partial charge in [0.05, 0.1) is 6.61 Å². The fraction of sp³-hybridized carbons (Fsp3) is 0.529. The van der Waals surface area contributed by atoms with Crippen LogP contribution in [0.15, 0.2) is 18.2 Å². The lowest BCUT2D eigenvalue weighted by Gasteiger charge is -2.22. The van der Waals surface area contributed by atoms with Crippen molar-refractivity contribution in [2.45, 2.75) is 53.1 Å². The molecule has 2 nitrogen and oxygen atoms in total. The molecule has 0 fully saturated rings. The van der Waals surface area contributed by atoms with E-state index in [1.54, 1.807) is 0 Å². The summed E-state index contributed by atoms with van der Waals surface area (Å²) in [5.74, 6) is 6.85.